The minimum atomic E-state index is -1.05. The van der Waals surface area contributed by atoms with Crippen LogP contribution in [0.5, 0.6) is 5.75 Å². The van der Waals surface area contributed by atoms with Gasteiger partial charge in [-0.3, -0.25) is 20.4 Å². The first-order valence-corrected chi connectivity index (χ1v) is 10.8. The van der Waals surface area contributed by atoms with Crippen molar-refractivity contribution in [1.29, 1.82) is 0 Å². The molecule has 0 unspecified atom stereocenters. The third kappa shape index (κ3) is 5.74. The molecule has 1 aromatic rings. The number of rotatable bonds is 12. The summed E-state index contributed by atoms with van der Waals surface area (Å²) in [6.07, 6.45) is 2.50. The summed E-state index contributed by atoms with van der Waals surface area (Å²) >= 11 is 0. The number of carbonyl (C=O) groups excluding carboxylic acids is 2. The van der Waals surface area contributed by atoms with Crippen molar-refractivity contribution in [2.45, 2.75) is 63.6 Å². The molecule has 2 fully saturated rings. The maximum atomic E-state index is 14.1. The molecular weight excluding hydrogens is 419 g/mol. The lowest BCUT2D eigenvalue weighted by Gasteiger charge is -2.27. The van der Waals surface area contributed by atoms with Gasteiger partial charge in [0.25, 0.3) is 5.91 Å². The highest BCUT2D eigenvalue weighted by atomic mass is 19.1. The van der Waals surface area contributed by atoms with Gasteiger partial charge in [0.1, 0.15) is 18.9 Å². The number of imide groups is 1. The van der Waals surface area contributed by atoms with E-state index in [0.29, 0.717) is 19.6 Å². The van der Waals surface area contributed by atoms with E-state index in [4.69, 9.17) is 9.47 Å². The predicted octanol–water partition coefficient (Wildman–Crippen LogP) is 1.75. The molecule has 1 heterocycles. The van der Waals surface area contributed by atoms with Crippen LogP contribution in [0.25, 0.3) is 0 Å². The first-order chi connectivity index (χ1) is 14.9. The number of nitrogens with one attached hydrogen (secondary N) is 3. The van der Waals surface area contributed by atoms with E-state index in [1.54, 1.807) is 39.8 Å². The molecule has 0 spiro atoms. The smallest absolute Gasteiger partial charge is 0.326 e. The number of carbonyl (C=O) groups is 2. The van der Waals surface area contributed by atoms with Crippen molar-refractivity contribution < 1.29 is 28.6 Å². The van der Waals surface area contributed by atoms with E-state index in [-0.39, 0.29) is 30.5 Å². The molecule has 0 bridgehead atoms. The fraction of sp³-hybridized carbons (Fsp3) is 0.636. The van der Waals surface area contributed by atoms with Crippen LogP contribution in [0.3, 0.4) is 0 Å². The summed E-state index contributed by atoms with van der Waals surface area (Å²) < 4.78 is 25.1. The topological polar surface area (TPSA) is 112 Å². The lowest BCUT2D eigenvalue weighted by atomic mass is 10.0. The highest BCUT2D eigenvalue weighted by Gasteiger charge is 2.46. The second-order valence-electron chi connectivity index (χ2n) is 9.52. The van der Waals surface area contributed by atoms with E-state index in [0.717, 1.165) is 18.4 Å². The second kappa shape index (κ2) is 9.30. The van der Waals surface area contributed by atoms with Crippen molar-refractivity contribution in [3.05, 3.63) is 29.6 Å². The average Bonchev–Trinajstić information content (AvgIpc) is 3.45. The molecule has 32 heavy (non-hydrogen) atoms. The number of ether oxygens (including phenoxy) is 2. The Bertz CT molecular complexity index is 851. The number of hydrogen-bond acceptors (Lipinski definition) is 7. The number of halogens is 1. The van der Waals surface area contributed by atoms with Crippen LogP contribution >= 0.6 is 0 Å². The van der Waals surface area contributed by atoms with Gasteiger partial charge in [0, 0.05) is 6.54 Å². The molecule has 0 aromatic heterocycles. The molecule has 1 aliphatic carbocycles. The standard InChI is InChI=1S/C22H33FN4O5/c1-20(2,30)13-32-17-12-15(6-7-16(17)23)22(8-9-22)26-24-10-5-11-31-14-27-19(29)25-18(28)21(27,3)4/h6-7,12,24,26,30H,5,8-11,13-14H2,1-4H3,(H,25,28,29). The van der Waals surface area contributed by atoms with Crippen molar-refractivity contribution >= 4 is 11.9 Å². The maximum Gasteiger partial charge on any atom is 0.326 e. The molecule has 1 saturated carbocycles. The fourth-order valence-corrected chi connectivity index (χ4v) is 3.34. The van der Waals surface area contributed by atoms with Gasteiger partial charge in [-0.05, 0) is 64.7 Å². The molecule has 178 valence electrons. The fourth-order valence-electron chi connectivity index (χ4n) is 3.34. The van der Waals surface area contributed by atoms with Gasteiger partial charge in [0.15, 0.2) is 11.6 Å². The SMILES string of the molecule is CC(C)(O)COc1cc(C2(NNCCCOCN3C(=O)NC(=O)C3(C)C)CC2)ccc1F. The van der Waals surface area contributed by atoms with Crippen molar-refractivity contribution in [2.24, 2.45) is 0 Å². The number of benzene rings is 1. The summed E-state index contributed by atoms with van der Waals surface area (Å²) in [5.41, 5.74) is 5.17. The Morgan fingerprint density at radius 2 is 2.00 bits per heavy atom. The van der Waals surface area contributed by atoms with Gasteiger partial charge < -0.3 is 14.6 Å². The average molecular weight is 453 g/mol. The molecule has 1 aromatic carbocycles. The Morgan fingerprint density at radius 1 is 1.28 bits per heavy atom. The van der Waals surface area contributed by atoms with Crippen LogP contribution in [0.4, 0.5) is 9.18 Å². The molecule has 10 heteroatoms. The summed E-state index contributed by atoms with van der Waals surface area (Å²) in [6.45, 7) is 7.64. The minimum absolute atomic E-state index is 0.00349. The number of hydrazine groups is 1. The van der Waals surface area contributed by atoms with Gasteiger partial charge in [-0.25, -0.2) is 14.6 Å². The third-order valence-corrected chi connectivity index (χ3v) is 5.65. The monoisotopic (exact) mass is 452 g/mol. The zero-order chi connectivity index (χ0) is 23.6. The largest absolute Gasteiger partial charge is 0.488 e. The minimum Gasteiger partial charge on any atom is -0.488 e. The lowest BCUT2D eigenvalue weighted by Crippen LogP contribution is -2.45. The Hall–Kier alpha value is -2.27. The molecule has 3 rings (SSSR count). The normalized spacial score (nSPS) is 19.2. The molecule has 3 amide bonds. The molecule has 4 N–H and O–H groups in total. The van der Waals surface area contributed by atoms with Gasteiger partial charge in [0.05, 0.1) is 17.7 Å². The summed E-state index contributed by atoms with van der Waals surface area (Å²) in [4.78, 5) is 24.9. The van der Waals surface area contributed by atoms with Gasteiger partial charge >= 0.3 is 6.03 Å². The quantitative estimate of drug-likeness (QED) is 0.217. The number of aliphatic hydroxyl groups is 1. The molecule has 0 atom stereocenters. The van der Waals surface area contributed by atoms with Crippen LogP contribution in [0.1, 0.15) is 52.5 Å². The number of urea groups is 1. The first kappa shape index (κ1) is 24.4. The van der Waals surface area contributed by atoms with E-state index >= 15 is 0 Å². The second-order valence-corrected chi connectivity index (χ2v) is 9.52. The number of nitrogens with zero attached hydrogens (tertiary/aromatic N) is 1. The first-order valence-electron chi connectivity index (χ1n) is 10.8. The van der Waals surface area contributed by atoms with Crippen LogP contribution in [0.2, 0.25) is 0 Å². The van der Waals surface area contributed by atoms with Gasteiger partial charge in [-0.2, -0.15) is 0 Å². The summed E-state index contributed by atoms with van der Waals surface area (Å²) in [7, 11) is 0. The molecule has 2 aliphatic rings. The van der Waals surface area contributed by atoms with Gasteiger partial charge in [-0.1, -0.05) is 6.07 Å². The van der Waals surface area contributed by atoms with Crippen molar-refractivity contribution in [3.8, 4) is 5.75 Å². The molecule has 0 radical (unpaired) electrons. The Labute approximate surface area is 187 Å². The van der Waals surface area contributed by atoms with E-state index in [9.17, 15) is 19.1 Å². The summed E-state index contributed by atoms with van der Waals surface area (Å²) in [5, 5.41) is 12.1. The van der Waals surface area contributed by atoms with Crippen LogP contribution in [0.15, 0.2) is 18.2 Å². The Morgan fingerprint density at radius 3 is 2.59 bits per heavy atom. The molecule has 1 saturated heterocycles. The highest BCUT2D eigenvalue weighted by Crippen LogP contribution is 2.46. The Balaban J connectivity index is 1.40. The number of amides is 3. The van der Waals surface area contributed by atoms with Crippen LogP contribution in [0, 0.1) is 5.82 Å². The molecule has 9 nitrogen and oxygen atoms in total. The van der Waals surface area contributed by atoms with E-state index in [1.807, 2.05) is 0 Å². The maximum absolute atomic E-state index is 14.1. The van der Waals surface area contributed by atoms with E-state index < -0.39 is 23.0 Å². The Kier molecular flexibility index (Phi) is 7.09. The van der Waals surface area contributed by atoms with E-state index in [2.05, 4.69) is 16.2 Å². The molecule has 1 aliphatic heterocycles. The summed E-state index contributed by atoms with van der Waals surface area (Å²) in [5.74, 6) is -0.671. The zero-order valence-corrected chi connectivity index (χ0v) is 19.1. The van der Waals surface area contributed by atoms with Crippen molar-refractivity contribution in [1.82, 2.24) is 21.1 Å². The van der Waals surface area contributed by atoms with Crippen LogP contribution in [-0.2, 0) is 15.1 Å². The van der Waals surface area contributed by atoms with E-state index in [1.165, 1.54) is 11.0 Å². The third-order valence-electron chi connectivity index (χ3n) is 5.65. The number of hydrogen-bond donors (Lipinski definition) is 4. The molecular formula is C22H33FN4O5. The van der Waals surface area contributed by atoms with Gasteiger partial charge in [-0.15, -0.1) is 0 Å². The predicted molar refractivity (Wildman–Crippen MR) is 115 cm³/mol. The summed E-state index contributed by atoms with van der Waals surface area (Å²) in [6, 6.07) is 4.35. The van der Waals surface area contributed by atoms with Crippen molar-refractivity contribution in [3.63, 3.8) is 0 Å². The van der Waals surface area contributed by atoms with Gasteiger partial charge in [0.2, 0.25) is 0 Å². The highest BCUT2D eigenvalue weighted by molar-refractivity contribution is 6.06. The lowest BCUT2D eigenvalue weighted by molar-refractivity contribution is -0.126. The van der Waals surface area contributed by atoms with Crippen molar-refractivity contribution in [2.75, 3.05) is 26.5 Å². The van der Waals surface area contributed by atoms with Crippen LogP contribution in [-0.4, -0.2) is 59.6 Å². The zero-order valence-electron chi connectivity index (χ0n) is 19.1. The van der Waals surface area contributed by atoms with Crippen LogP contribution < -0.4 is 20.9 Å².